The number of amides is 1. The third-order valence-corrected chi connectivity index (χ3v) is 15.1. The predicted molar refractivity (Wildman–Crippen MR) is 173 cm³/mol. The van der Waals surface area contributed by atoms with Gasteiger partial charge in [-0.25, -0.2) is 0 Å². The van der Waals surface area contributed by atoms with Crippen molar-refractivity contribution < 1.29 is 14.3 Å². The lowest BCUT2D eigenvalue weighted by molar-refractivity contribution is -0.148. The highest BCUT2D eigenvalue weighted by Gasteiger charge is 2.84. The first-order valence-corrected chi connectivity index (χ1v) is 18.1. The van der Waals surface area contributed by atoms with Crippen molar-refractivity contribution in [2.24, 2.45) is 45.8 Å². The number of aryl methyl sites for hydroxylation is 1. The molecule has 44 heavy (non-hydrogen) atoms. The fourth-order valence-electron chi connectivity index (χ4n) is 13.0. The van der Waals surface area contributed by atoms with E-state index in [0.29, 0.717) is 48.1 Å². The number of carbonyl (C=O) groups excluding carboxylic acids is 2. The number of hydrogen-bond acceptors (Lipinski definition) is 4. The zero-order chi connectivity index (χ0) is 30.5. The highest BCUT2D eigenvalue weighted by Crippen LogP contribution is 2.87. The van der Waals surface area contributed by atoms with Crippen LogP contribution in [0.5, 0.6) is 0 Å². The molecule has 2 saturated heterocycles. The molecule has 7 aliphatic rings. The fourth-order valence-corrected chi connectivity index (χ4v) is 13.0. The van der Waals surface area contributed by atoms with E-state index >= 15 is 0 Å². The molecule has 6 fully saturated rings. The Morgan fingerprint density at radius 1 is 1.07 bits per heavy atom. The van der Waals surface area contributed by atoms with Gasteiger partial charge in [-0.3, -0.25) is 14.5 Å². The molecule has 0 aromatic heterocycles. The average Bonchev–Trinajstić information content (AvgIpc) is 3.34. The molecule has 5 aliphatic carbocycles. The summed E-state index contributed by atoms with van der Waals surface area (Å²) < 4.78 is 7.50. The number of hydrogen-bond donors (Lipinski definition) is 1. The normalized spacial score (nSPS) is 47.2. The maximum absolute atomic E-state index is 12.7. The van der Waals surface area contributed by atoms with E-state index in [1.165, 1.54) is 43.2 Å². The summed E-state index contributed by atoms with van der Waals surface area (Å²) in [6.07, 6.45) is 14.3. The first-order chi connectivity index (χ1) is 21.1. The van der Waals surface area contributed by atoms with E-state index in [2.05, 4.69) is 56.1 Å². The van der Waals surface area contributed by atoms with Crippen molar-refractivity contribution in [3.63, 3.8) is 0 Å². The topological polar surface area (TPSA) is 58.6 Å². The Labute approximate surface area is 264 Å². The van der Waals surface area contributed by atoms with Gasteiger partial charge in [-0.15, -0.1) is 0 Å². The molecule has 1 aromatic rings. The second-order valence-electron chi connectivity index (χ2n) is 16.9. The van der Waals surface area contributed by atoms with Gasteiger partial charge in [0.15, 0.2) is 5.78 Å². The van der Waals surface area contributed by atoms with Gasteiger partial charge in [-0.2, -0.15) is 0 Å². The van der Waals surface area contributed by atoms with E-state index in [-0.39, 0.29) is 22.3 Å². The van der Waals surface area contributed by atoms with Gasteiger partial charge in [-0.1, -0.05) is 63.6 Å². The molecule has 2 spiro atoms. The van der Waals surface area contributed by atoms with Crippen molar-refractivity contribution in [1.82, 2.24) is 10.2 Å². The summed E-state index contributed by atoms with van der Waals surface area (Å²) in [5.74, 6) is 4.02. The Bertz CT molecular complexity index is 1360. The SMILES string of the molecule is C[C@H]1C[C@H]2O[C@]3(CC[C@H]4[C@@H]5CCC6=CC(=O)CC[C@]6(C)[C@H]5CC45CC53C)[C@H](C)[C@@H]2N(CCNC(=O)CCc2ccccc2)C1. The number of piperidine rings is 1. The lowest BCUT2D eigenvalue weighted by atomic mass is 9.56. The summed E-state index contributed by atoms with van der Waals surface area (Å²) >= 11 is 0. The van der Waals surface area contributed by atoms with Crippen LogP contribution < -0.4 is 5.32 Å². The first kappa shape index (κ1) is 29.4. The number of nitrogens with zero attached hydrogens (tertiary/aromatic N) is 1. The Morgan fingerprint density at radius 3 is 2.70 bits per heavy atom. The Morgan fingerprint density at radius 2 is 1.89 bits per heavy atom. The molecule has 2 aliphatic heterocycles. The van der Waals surface area contributed by atoms with Gasteiger partial charge >= 0.3 is 0 Å². The molecule has 11 atom stereocenters. The van der Waals surface area contributed by atoms with Crippen LogP contribution in [0.4, 0.5) is 0 Å². The van der Waals surface area contributed by atoms with E-state index in [1.54, 1.807) is 0 Å². The molecule has 5 nitrogen and oxygen atoms in total. The van der Waals surface area contributed by atoms with Gasteiger partial charge in [0.2, 0.25) is 5.91 Å². The van der Waals surface area contributed by atoms with Crippen LogP contribution in [0, 0.1) is 45.8 Å². The number of allylic oxidation sites excluding steroid dienone is 2. The highest BCUT2D eigenvalue weighted by atomic mass is 16.5. The zero-order valence-corrected chi connectivity index (χ0v) is 27.6. The third kappa shape index (κ3) is 4.09. The summed E-state index contributed by atoms with van der Waals surface area (Å²) in [7, 11) is 0. The lowest BCUT2D eigenvalue weighted by Gasteiger charge is -2.50. The number of ketones is 1. The average molecular weight is 599 g/mol. The van der Waals surface area contributed by atoms with Crippen molar-refractivity contribution in [2.45, 2.75) is 116 Å². The molecule has 1 aromatic carbocycles. The zero-order valence-electron chi connectivity index (χ0n) is 27.6. The summed E-state index contributed by atoms with van der Waals surface area (Å²) in [5.41, 5.74) is 3.58. The molecule has 8 rings (SSSR count). The fraction of sp³-hybridized carbons (Fsp3) is 0.744. The monoisotopic (exact) mass is 598 g/mol. The van der Waals surface area contributed by atoms with Crippen LogP contribution in [0.15, 0.2) is 42.0 Å². The minimum Gasteiger partial charge on any atom is -0.369 e. The van der Waals surface area contributed by atoms with Crippen LogP contribution in [0.3, 0.4) is 0 Å². The molecule has 238 valence electrons. The van der Waals surface area contributed by atoms with E-state index < -0.39 is 0 Å². The predicted octanol–water partition coefficient (Wildman–Crippen LogP) is 6.75. The summed E-state index contributed by atoms with van der Waals surface area (Å²) in [6, 6.07) is 10.8. The quantitative estimate of drug-likeness (QED) is 0.394. The Balaban J connectivity index is 0.973. The lowest BCUT2D eigenvalue weighted by Crippen LogP contribution is -2.55. The van der Waals surface area contributed by atoms with Gasteiger partial charge in [0.05, 0.1) is 11.7 Å². The smallest absolute Gasteiger partial charge is 0.220 e. The van der Waals surface area contributed by atoms with Crippen LogP contribution in [-0.2, 0) is 20.7 Å². The number of nitrogens with one attached hydrogen (secondary N) is 1. The minimum atomic E-state index is -0.0321. The number of rotatable bonds is 6. The standard InChI is InChI=1S/C39H54N2O3/c1-25-20-33-35(41(23-25)19-18-40-34(43)13-10-27-8-6-5-7-9-27)26(2)39(44-33)17-15-31-30-12-11-28-21-29(42)14-16-36(28,3)32(30)22-38(31)24-37(38,39)4/h5-9,21,25-26,30-33,35H,10-20,22-24H2,1-4H3,(H,40,43)/t25-,26+,30-,31-,32-,33+,35-,36-,37?,38?,39+/m0/s1. The van der Waals surface area contributed by atoms with Crippen LogP contribution in [0.1, 0.15) is 97.5 Å². The summed E-state index contributed by atoms with van der Waals surface area (Å²) in [5, 5.41) is 3.24. The van der Waals surface area contributed by atoms with Crippen LogP contribution in [0.2, 0.25) is 0 Å². The molecule has 5 heteroatoms. The van der Waals surface area contributed by atoms with Crippen molar-refractivity contribution in [1.29, 1.82) is 0 Å². The maximum atomic E-state index is 12.7. The Hall–Kier alpha value is -1.98. The van der Waals surface area contributed by atoms with Gasteiger partial charge in [-0.05, 0) is 104 Å². The second kappa shape index (κ2) is 10.3. The molecule has 1 N–H and O–H groups in total. The molecule has 2 unspecified atom stereocenters. The van der Waals surface area contributed by atoms with Crippen LogP contribution in [0.25, 0.3) is 0 Å². The second-order valence-corrected chi connectivity index (χ2v) is 16.9. The van der Waals surface area contributed by atoms with Gasteiger partial charge in [0, 0.05) is 49.9 Å². The van der Waals surface area contributed by atoms with Crippen LogP contribution >= 0.6 is 0 Å². The molecular weight excluding hydrogens is 544 g/mol. The van der Waals surface area contributed by atoms with Gasteiger partial charge in [0.1, 0.15) is 0 Å². The van der Waals surface area contributed by atoms with Gasteiger partial charge < -0.3 is 10.1 Å². The first-order valence-electron chi connectivity index (χ1n) is 18.1. The van der Waals surface area contributed by atoms with E-state index in [1.807, 2.05) is 18.2 Å². The van der Waals surface area contributed by atoms with E-state index in [9.17, 15) is 9.59 Å². The molecular formula is C39H54N2O3. The van der Waals surface area contributed by atoms with Crippen LogP contribution in [-0.4, -0.2) is 54.0 Å². The van der Waals surface area contributed by atoms with Crippen molar-refractivity contribution in [2.75, 3.05) is 19.6 Å². The number of ether oxygens (including phenoxy) is 1. The highest BCUT2D eigenvalue weighted by molar-refractivity contribution is 5.91. The number of fused-ring (bicyclic) bond motifs is 6. The molecule has 4 saturated carbocycles. The molecule has 0 bridgehead atoms. The summed E-state index contributed by atoms with van der Waals surface area (Å²) in [6.45, 7) is 12.8. The molecule has 2 heterocycles. The van der Waals surface area contributed by atoms with E-state index in [4.69, 9.17) is 4.74 Å². The number of carbonyl (C=O) groups is 2. The molecule has 0 radical (unpaired) electrons. The minimum absolute atomic E-state index is 0.0321. The van der Waals surface area contributed by atoms with Gasteiger partial charge in [0.25, 0.3) is 0 Å². The number of likely N-dealkylation sites (tertiary alicyclic amines) is 1. The largest absolute Gasteiger partial charge is 0.369 e. The van der Waals surface area contributed by atoms with Crippen molar-refractivity contribution in [3.8, 4) is 0 Å². The van der Waals surface area contributed by atoms with Crippen molar-refractivity contribution >= 4 is 11.7 Å². The van der Waals surface area contributed by atoms with Crippen molar-refractivity contribution in [3.05, 3.63) is 47.5 Å². The third-order valence-electron chi connectivity index (χ3n) is 15.1. The maximum Gasteiger partial charge on any atom is 0.220 e. The Kier molecular flexibility index (Phi) is 6.86. The van der Waals surface area contributed by atoms with E-state index in [0.717, 1.165) is 62.9 Å². The molecule has 1 amide bonds. The number of benzene rings is 1. The summed E-state index contributed by atoms with van der Waals surface area (Å²) in [4.78, 5) is 27.8.